The zero-order chi connectivity index (χ0) is 18.0. The number of carbonyl (C=O) groups is 2. The van der Waals surface area contributed by atoms with Crippen molar-refractivity contribution in [3.63, 3.8) is 0 Å². The van der Waals surface area contributed by atoms with Crippen LogP contribution in [0.1, 0.15) is 48.3 Å². The van der Waals surface area contributed by atoms with Gasteiger partial charge in [-0.05, 0) is 28.7 Å². The molecular formula is C21H24N2O2. The normalized spacial score (nSPS) is 18.0. The van der Waals surface area contributed by atoms with Crippen LogP contribution in [0.15, 0.2) is 54.6 Å². The largest absolute Gasteiger partial charge is 0.352 e. The fraction of sp³-hybridized carbons (Fsp3) is 0.333. The van der Waals surface area contributed by atoms with Crippen molar-refractivity contribution < 1.29 is 9.59 Å². The highest BCUT2D eigenvalue weighted by molar-refractivity contribution is 5.98. The molecule has 1 N–H and O–H groups in total. The summed E-state index contributed by atoms with van der Waals surface area (Å²) in [6.45, 7) is 7.41. The van der Waals surface area contributed by atoms with Crippen LogP contribution in [-0.2, 0) is 10.2 Å². The summed E-state index contributed by atoms with van der Waals surface area (Å²) in [5.74, 6) is -0.235. The van der Waals surface area contributed by atoms with E-state index in [0.29, 0.717) is 18.7 Å². The number of piperazine rings is 1. The third-order valence-corrected chi connectivity index (χ3v) is 4.59. The highest BCUT2D eigenvalue weighted by Gasteiger charge is 2.34. The molecule has 4 heteroatoms. The Hall–Kier alpha value is -2.62. The molecule has 2 amide bonds. The zero-order valence-electron chi connectivity index (χ0n) is 15.0. The van der Waals surface area contributed by atoms with Crippen molar-refractivity contribution in [1.82, 2.24) is 10.2 Å². The van der Waals surface area contributed by atoms with Gasteiger partial charge in [0.15, 0.2) is 0 Å². The Morgan fingerprint density at radius 1 is 1.04 bits per heavy atom. The minimum atomic E-state index is -0.579. The van der Waals surface area contributed by atoms with Gasteiger partial charge in [0.1, 0.15) is 6.04 Å². The molecule has 1 heterocycles. The van der Waals surface area contributed by atoms with E-state index < -0.39 is 6.04 Å². The van der Waals surface area contributed by atoms with E-state index in [1.807, 2.05) is 54.6 Å². The highest BCUT2D eigenvalue weighted by atomic mass is 16.2. The first-order valence-corrected chi connectivity index (χ1v) is 8.62. The number of carbonyl (C=O) groups excluding carboxylic acids is 2. The van der Waals surface area contributed by atoms with Gasteiger partial charge >= 0.3 is 0 Å². The van der Waals surface area contributed by atoms with Gasteiger partial charge in [0.05, 0.1) is 0 Å². The molecule has 130 valence electrons. The molecule has 0 spiro atoms. The van der Waals surface area contributed by atoms with Gasteiger partial charge in [-0.2, -0.15) is 0 Å². The van der Waals surface area contributed by atoms with Crippen molar-refractivity contribution in [1.29, 1.82) is 0 Å². The molecule has 1 fully saturated rings. The highest BCUT2D eigenvalue weighted by Crippen LogP contribution is 2.26. The molecule has 0 saturated carbocycles. The number of hydrogen-bond donors (Lipinski definition) is 1. The van der Waals surface area contributed by atoms with Crippen molar-refractivity contribution in [2.24, 2.45) is 0 Å². The number of nitrogens with zero attached hydrogens (tertiary/aromatic N) is 1. The Balaban J connectivity index is 1.90. The molecule has 25 heavy (non-hydrogen) atoms. The lowest BCUT2D eigenvalue weighted by atomic mass is 9.86. The summed E-state index contributed by atoms with van der Waals surface area (Å²) < 4.78 is 0. The van der Waals surface area contributed by atoms with Crippen molar-refractivity contribution >= 4 is 11.8 Å². The molecule has 0 bridgehead atoms. The number of benzene rings is 2. The Labute approximate surface area is 148 Å². The Morgan fingerprint density at radius 3 is 2.28 bits per heavy atom. The van der Waals surface area contributed by atoms with Gasteiger partial charge in [-0.3, -0.25) is 9.59 Å². The average molecular weight is 336 g/mol. The van der Waals surface area contributed by atoms with E-state index in [2.05, 4.69) is 26.1 Å². The van der Waals surface area contributed by atoms with E-state index in [-0.39, 0.29) is 17.2 Å². The Bertz CT molecular complexity index is 761. The molecule has 1 aliphatic heterocycles. The Kier molecular flexibility index (Phi) is 4.62. The molecule has 1 saturated heterocycles. The summed E-state index contributed by atoms with van der Waals surface area (Å²) in [6, 6.07) is 16.6. The summed E-state index contributed by atoms with van der Waals surface area (Å²) in [7, 11) is 0. The number of rotatable bonds is 2. The molecule has 1 aliphatic rings. The van der Waals surface area contributed by atoms with Gasteiger partial charge in [0, 0.05) is 18.7 Å². The summed E-state index contributed by atoms with van der Waals surface area (Å²) in [5, 5.41) is 2.86. The van der Waals surface area contributed by atoms with Gasteiger partial charge in [-0.15, -0.1) is 0 Å². The smallest absolute Gasteiger partial charge is 0.254 e. The molecule has 2 aromatic carbocycles. The van der Waals surface area contributed by atoms with Crippen molar-refractivity contribution in [3.8, 4) is 0 Å². The predicted octanol–water partition coefficient (Wildman–Crippen LogP) is 3.30. The second kappa shape index (κ2) is 6.71. The van der Waals surface area contributed by atoms with Gasteiger partial charge in [0.25, 0.3) is 5.91 Å². The van der Waals surface area contributed by atoms with Crippen molar-refractivity contribution in [3.05, 3.63) is 71.3 Å². The monoisotopic (exact) mass is 336 g/mol. The third-order valence-electron chi connectivity index (χ3n) is 4.59. The fourth-order valence-corrected chi connectivity index (χ4v) is 3.13. The SMILES string of the molecule is CC(C)(C)c1ccc(C(=O)N2CCNC(=O)C2c2ccccc2)cc1. The second-order valence-electron chi connectivity index (χ2n) is 7.43. The molecule has 4 nitrogen and oxygen atoms in total. The fourth-order valence-electron chi connectivity index (χ4n) is 3.13. The minimum Gasteiger partial charge on any atom is -0.352 e. The summed E-state index contributed by atoms with van der Waals surface area (Å²) in [5.41, 5.74) is 2.67. The maximum atomic E-state index is 13.0. The van der Waals surface area contributed by atoms with Gasteiger partial charge in [-0.1, -0.05) is 63.2 Å². The number of amides is 2. The maximum Gasteiger partial charge on any atom is 0.254 e. The van der Waals surface area contributed by atoms with Crippen LogP contribution in [-0.4, -0.2) is 29.8 Å². The van der Waals surface area contributed by atoms with E-state index in [4.69, 9.17) is 0 Å². The average Bonchev–Trinajstić information content (AvgIpc) is 2.61. The standard InChI is InChI=1S/C21H24N2O2/c1-21(2,3)17-11-9-16(10-12-17)20(25)23-14-13-22-19(24)18(23)15-7-5-4-6-8-15/h4-12,18H,13-14H2,1-3H3,(H,22,24). The second-order valence-corrected chi connectivity index (χ2v) is 7.43. The summed E-state index contributed by atoms with van der Waals surface area (Å²) in [6.07, 6.45) is 0. The molecule has 1 atom stereocenters. The quantitative estimate of drug-likeness (QED) is 0.915. The Morgan fingerprint density at radius 2 is 1.68 bits per heavy atom. The number of hydrogen-bond acceptors (Lipinski definition) is 2. The van der Waals surface area contributed by atoms with Crippen LogP contribution in [0, 0.1) is 0 Å². The summed E-state index contributed by atoms with van der Waals surface area (Å²) >= 11 is 0. The van der Waals surface area contributed by atoms with Gasteiger partial charge in [0.2, 0.25) is 5.91 Å². The van der Waals surface area contributed by atoms with E-state index in [9.17, 15) is 9.59 Å². The molecular weight excluding hydrogens is 312 g/mol. The first kappa shape index (κ1) is 17.2. The topological polar surface area (TPSA) is 49.4 Å². The maximum absolute atomic E-state index is 13.0. The molecule has 3 rings (SSSR count). The van der Waals surface area contributed by atoms with E-state index in [0.717, 1.165) is 5.56 Å². The van der Waals surface area contributed by atoms with E-state index in [1.54, 1.807) is 4.90 Å². The third kappa shape index (κ3) is 3.58. The number of nitrogens with one attached hydrogen (secondary N) is 1. The van der Waals surface area contributed by atoms with E-state index in [1.165, 1.54) is 5.56 Å². The molecule has 2 aromatic rings. The molecule has 1 unspecified atom stereocenters. The first-order valence-electron chi connectivity index (χ1n) is 8.62. The van der Waals surface area contributed by atoms with Crippen LogP contribution in [0.3, 0.4) is 0 Å². The van der Waals surface area contributed by atoms with Gasteiger partial charge < -0.3 is 10.2 Å². The predicted molar refractivity (Wildman–Crippen MR) is 98.4 cm³/mol. The minimum absolute atomic E-state index is 0.0408. The lowest BCUT2D eigenvalue weighted by Crippen LogP contribution is -2.52. The van der Waals surface area contributed by atoms with E-state index >= 15 is 0 Å². The van der Waals surface area contributed by atoms with Crippen LogP contribution < -0.4 is 5.32 Å². The molecule has 0 aromatic heterocycles. The zero-order valence-corrected chi connectivity index (χ0v) is 15.0. The molecule has 0 radical (unpaired) electrons. The van der Waals surface area contributed by atoms with Crippen molar-refractivity contribution in [2.75, 3.05) is 13.1 Å². The van der Waals surface area contributed by atoms with Gasteiger partial charge in [-0.25, -0.2) is 0 Å². The summed E-state index contributed by atoms with van der Waals surface area (Å²) in [4.78, 5) is 27.1. The lowest BCUT2D eigenvalue weighted by molar-refractivity contribution is -0.128. The molecule has 0 aliphatic carbocycles. The van der Waals surface area contributed by atoms with Crippen molar-refractivity contribution in [2.45, 2.75) is 32.2 Å². The van der Waals surface area contributed by atoms with Crippen LogP contribution in [0.4, 0.5) is 0 Å². The lowest BCUT2D eigenvalue weighted by Gasteiger charge is -2.35. The van der Waals surface area contributed by atoms with Crippen LogP contribution in [0.5, 0.6) is 0 Å². The first-order chi connectivity index (χ1) is 11.9. The van der Waals surface area contributed by atoms with Crippen LogP contribution in [0.2, 0.25) is 0 Å². The van der Waals surface area contributed by atoms with Crippen LogP contribution in [0.25, 0.3) is 0 Å². The van der Waals surface area contributed by atoms with Crippen LogP contribution >= 0.6 is 0 Å².